The molecule has 0 bridgehead atoms. The van der Waals surface area contributed by atoms with Gasteiger partial charge in [-0.3, -0.25) is 0 Å². The van der Waals surface area contributed by atoms with Crippen molar-refractivity contribution in [3.8, 4) is 6.07 Å². The molecule has 1 saturated heterocycles. The number of piperidine rings is 1. The van der Waals surface area contributed by atoms with Crippen molar-refractivity contribution in [1.82, 2.24) is 10.2 Å². The maximum Gasteiger partial charge on any atom is 0.108 e. The molecule has 1 aliphatic heterocycles. The first kappa shape index (κ1) is 12.5. The quantitative estimate of drug-likeness (QED) is 0.762. The van der Waals surface area contributed by atoms with E-state index >= 15 is 0 Å². The van der Waals surface area contributed by atoms with Crippen LogP contribution in [0.4, 0.5) is 0 Å². The molecular weight excluding hydrogens is 186 g/mol. The lowest BCUT2D eigenvalue weighted by Crippen LogP contribution is -2.45. The van der Waals surface area contributed by atoms with Gasteiger partial charge in [-0.15, -0.1) is 0 Å². The van der Waals surface area contributed by atoms with Gasteiger partial charge in [-0.2, -0.15) is 5.26 Å². The summed E-state index contributed by atoms with van der Waals surface area (Å²) in [6, 6.07) is 2.32. The van der Waals surface area contributed by atoms with Crippen LogP contribution in [-0.2, 0) is 0 Å². The Labute approximate surface area is 93.5 Å². The molecule has 3 heteroatoms. The molecule has 0 radical (unpaired) electrons. The minimum absolute atomic E-state index is 0.00407. The molecule has 0 aromatic carbocycles. The van der Waals surface area contributed by atoms with Crippen molar-refractivity contribution < 1.29 is 0 Å². The lowest BCUT2D eigenvalue weighted by molar-refractivity contribution is 0.133. The van der Waals surface area contributed by atoms with Gasteiger partial charge in [0.05, 0.1) is 6.07 Å². The van der Waals surface area contributed by atoms with Crippen LogP contribution in [0.25, 0.3) is 0 Å². The molecule has 86 valence electrons. The average Bonchev–Trinajstić information content (AvgIpc) is 2.23. The number of hydrogen-bond donors (Lipinski definition) is 1. The van der Waals surface area contributed by atoms with Crippen LogP contribution in [-0.4, -0.2) is 37.1 Å². The number of rotatable bonds is 4. The van der Waals surface area contributed by atoms with E-state index in [2.05, 4.69) is 30.1 Å². The molecule has 0 saturated carbocycles. The van der Waals surface area contributed by atoms with Crippen molar-refractivity contribution in [2.75, 3.05) is 26.2 Å². The average molecular weight is 209 g/mol. The molecule has 1 fully saturated rings. The summed E-state index contributed by atoms with van der Waals surface area (Å²) in [5.41, 5.74) is 0. The Morgan fingerprint density at radius 1 is 1.47 bits per heavy atom. The highest BCUT2D eigenvalue weighted by molar-refractivity contribution is 4.92. The number of nitrogens with one attached hydrogen (secondary N) is 1. The predicted octanol–water partition coefficient (Wildman–Crippen LogP) is 1.47. The van der Waals surface area contributed by atoms with Crippen LogP contribution in [0.5, 0.6) is 0 Å². The summed E-state index contributed by atoms with van der Waals surface area (Å²) in [5.74, 6) is 1.60. The Hall–Kier alpha value is -0.590. The molecular formula is C12H23N3. The topological polar surface area (TPSA) is 39.1 Å². The Bertz CT molecular complexity index is 221. The molecule has 0 aromatic heterocycles. The Morgan fingerprint density at radius 2 is 2.20 bits per heavy atom. The van der Waals surface area contributed by atoms with Crippen molar-refractivity contribution in [3.63, 3.8) is 0 Å². The van der Waals surface area contributed by atoms with Crippen molar-refractivity contribution in [3.05, 3.63) is 0 Å². The second-order valence-corrected chi connectivity index (χ2v) is 4.74. The molecule has 1 N–H and O–H groups in total. The van der Waals surface area contributed by atoms with Crippen LogP contribution in [0.1, 0.15) is 27.2 Å². The lowest BCUT2D eigenvalue weighted by Gasteiger charge is -2.36. The van der Waals surface area contributed by atoms with Gasteiger partial charge in [0.25, 0.3) is 0 Å². The molecule has 0 amide bonds. The SMILES string of the molecule is CCNC(C#N)CN1CCC(C)C(C)C1. The van der Waals surface area contributed by atoms with Gasteiger partial charge in [0.2, 0.25) is 0 Å². The maximum absolute atomic E-state index is 8.97. The zero-order valence-electron chi connectivity index (χ0n) is 10.2. The zero-order valence-corrected chi connectivity index (χ0v) is 10.2. The van der Waals surface area contributed by atoms with Crippen LogP contribution < -0.4 is 5.32 Å². The van der Waals surface area contributed by atoms with Gasteiger partial charge in [-0.1, -0.05) is 20.8 Å². The van der Waals surface area contributed by atoms with Crippen LogP contribution in [0, 0.1) is 23.2 Å². The van der Waals surface area contributed by atoms with E-state index in [0.717, 1.165) is 38.0 Å². The van der Waals surface area contributed by atoms with E-state index in [9.17, 15) is 0 Å². The summed E-state index contributed by atoms with van der Waals surface area (Å²) >= 11 is 0. The number of nitriles is 1. The summed E-state index contributed by atoms with van der Waals surface area (Å²) in [5, 5.41) is 12.2. The predicted molar refractivity (Wildman–Crippen MR) is 62.5 cm³/mol. The molecule has 1 rings (SSSR count). The summed E-state index contributed by atoms with van der Waals surface area (Å²) < 4.78 is 0. The third-order valence-electron chi connectivity index (χ3n) is 3.47. The normalized spacial score (nSPS) is 29.7. The molecule has 0 aromatic rings. The van der Waals surface area contributed by atoms with E-state index in [1.165, 1.54) is 6.42 Å². The van der Waals surface area contributed by atoms with Gasteiger partial charge < -0.3 is 10.2 Å². The molecule has 0 spiro atoms. The lowest BCUT2D eigenvalue weighted by atomic mass is 9.88. The van der Waals surface area contributed by atoms with Crippen molar-refractivity contribution in [2.24, 2.45) is 11.8 Å². The van der Waals surface area contributed by atoms with Crippen LogP contribution >= 0.6 is 0 Å². The minimum atomic E-state index is -0.00407. The van der Waals surface area contributed by atoms with Gasteiger partial charge >= 0.3 is 0 Å². The largest absolute Gasteiger partial charge is 0.301 e. The number of likely N-dealkylation sites (tertiary alicyclic amines) is 1. The fourth-order valence-corrected chi connectivity index (χ4v) is 2.17. The fraction of sp³-hybridized carbons (Fsp3) is 0.917. The van der Waals surface area contributed by atoms with Gasteiger partial charge in [0, 0.05) is 13.1 Å². The minimum Gasteiger partial charge on any atom is -0.301 e. The first-order valence-electron chi connectivity index (χ1n) is 6.02. The Balaban J connectivity index is 2.35. The van der Waals surface area contributed by atoms with Crippen LogP contribution in [0.3, 0.4) is 0 Å². The monoisotopic (exact) mass is 209 g/mol. The van der Waals surface area contributed by atoms with Gasteiger partial charge in [-0.25, -0.2) is 0 Å². The first-order chi connectivity index (χ1) is 7.17. The Kier molecular flexibility index (Phi) is 5.07. The van der Waals surface area contributed by atoms with Gasteiger partial charge in [-0.05, 0) is 31.3 Å². The summed E-state index contributed by atoms with van der Waals surface area (Å²) in [6.45, 7) is 10.7. The molecule has 3 nitrogen and oxygen atoms in total. The van der Waals surface area contributed by atoms with E-state index in [1.54, 1.807) is 0 Å². The van der Waals surface area contributed by atoms with E-state index < -0.39 is 0 Å². The van der Waals surface area contributed by atoms with E-state index in [0.29, 0.717) is 0 Å². The van der Waals surface area contributed by atoms with E-state index in [4.69, 9.17) is 5.26 Å². The highest BCUT2D eigenvalue weighted by Gasteiger charge is 2.24. The molecule has 1 aliphatic rings. The third-order valence-corrected chi connectivity index (χ3v) is 3.47. The van der Waals surface area contributed by atoms with Crippen molar-refractivity contribution in [2.45, 2.75) is 33.2 Å². The first-order valence-corrected chi connectivity index (χ1v) is 6.02. The smallest absolute Gasteiger partial charge is 0.108 e. The van der Waals surface area contributed by atoms with E-state index in [-0.39, 0.29) is 6.04 Å². The highest BCUT2D eigenvalue weighted by atomic mass is 15.2. The molecule has 3 atom stereocenters. The van der Waals surface area contributed by atoms with Crippen LogP contribution in [0.15, 0.2) is 0 Å². The fourth-order valence-electron chi connectivity index (χ4n) is 2.17. The molecule has 1 heterocycles. The molecule has 3 unspecified atom stereocenters. The van der Waals surface area contributed by atoms with Crippen molar-refractivity contribution in [1.29, 1.82) is 5.26 Å². The Morgan fingerprint density at radius 3 is 2.73 bits per heavy atom. The highest BCUT2D eigenvalue weighted by Crippen LogP contribution is 2.22. The number of hydrogen-bond acceptors (Lipinski definition) is 3. The summed E-state index contributed by atoms with van der Waals surface area (Å²) in [7, 11) is 0. The van der Waals surface area contributed by atoms with Crippen molar-refractivity contribution >= 4 is 0 Å². The number of likely N-dealkylation sites (N-methyl/N-ethyl adjacent to an activating group) is 1. The third kappa shape index (κ3) is 3.81. The van der Waals surface area contributed by atoms with E-state index in [1.807, 2.05) is 6.92 Å². The van der Waals surface area contributed by atoms with Gasteiger partial charge in [0.1, 0.15) is 6.04 Å². The second-order valence-electron chi connectivity index (χ2n) is 4.74. The molecule has 0 aliphatic carbocycles. The molecule has 15 heavy (non-hydrogen) atoms. The standard InChI is InChI=1S/C12H23N3/c1-4-14-12(7-13)9-15-6-5-10(2)11(3)8-15/h10-12,14H,4-6,8-9H2,1-3H3. The summed E-state index contributed by atoms with van der Waals surface area (Å²) in [6.07, 6.45) is 1.27. The zero-order chi connectivity index (χ0) is 11.3. The summed E-state index contributed by atoms with van der Waals surface area (Å²) in [4.78, 5) is 2.42. The maximum atomic E-state index is 8.97. The number of nitrogens with zero attached hydrogens (tertiary/aromatic N) is 2. The second kappa shape index (κ2) is 6.09. The van der Waals surface area contributed by atoms with Crippen LogP contribution in [0.2, 0.25) is 0 Å². The van der Waals surface area contributed by atoms with Gasteiger partial charge in [0.15, 0.2) is 0 Å².